The van der Waals surface area contributed by atoms with Crippen LogP contribution in [0.4, 0.5) is 11.4 Å². The Morgan fingerprint density at radius 2 is 1.70 bits per heavy atom. The van der Waals surface area contributed by atoms with Gasteiger partial charge < -0.3 is 10.1 Å². The molecule has 0 atom stereocenters. The fourth-order valence-corrected chi connectivity index (χ4v) is 3.09. The molecule has 0 bridgehead atoms. The number of non-ortho nitro benzene ring substituents is 1. The second-order valence-electron chi connectivity index (χ2n) is 8.83. The maximum absolute atomic E-state index is 12.5. The summed E-state index contributed by atoms with van der Waals surface area (Å²) in [5.41, 5.74) is 2.46. The highest BCUT2D eigenvalue weighted by Crippen LogP contribution is 2.25. The van der Waals surface area contributed by atoms with Crippen molar-refractivity contribution in [3.05, 3.63) is 98.6 Å². The van der Waals surface area contributed by atoms with E-state index in [2.05, 4.69) is 15.8 Å². The number of amides is 2. The van der Waals surface area contributed by atoms with Crippen molar-refractivity contribution in [3.8, 4) is 5.75 Å². The number of nitrogens with one attached hydrogen (secondary N) is 2. The minimum atomic E-state index is -0.767. The van der Waals surface area contributed by atoms with Gasteiger partial charge in [0, 0.05) is 34.4 Å². The number of benzene rings is 3. The zero-order valence-electron chi connectivity index (χ0n) is 20.2. The zero-order valence-corrected chi connectivity index (χ0v) is 20.9. The molecule has 0 spiro atoms. The Hall–Kier alpha value is -4.57. The molecule has 3 rings (SSSR count). The van der Waals surface area contributed by atoms with E-state index < -0.39 is 22.2 Å². The predicted molar refractivity (Wildman–Crippen MR) is 139 cm³/mol. The smallest absolute Gasteiger partial charge is 0.345 e. The van der Waals surface area contributed by atoms with E-state index in [9.17, 15) is 24.5 Å². The van der Waals surface area contributed by atoms with Crippen molar-refractivity contribution < 1.29 is 24.0 Å². The predicted octanol–water partition coefficient (Wildman–Crippen LogP) is 5.22. The van der Waals surface area contributed by atoms with E-state index in [0.29, 0.717) is 5.69 Å². The van der Waals surface area contributed by atoms with E-state index in [4.69, 9.17) is 16.3 Å². The molecule has 0 unspecified atom stereocenters. The molecular weight excluding hydrogens is 500 g/mol. The third-order valence-electron chi connectivity index (χ3n) is 4.96. The Kier molecular flexibility index (Phi) is 8.36. The summed E-state index contributed by atoms with van der Waals surface area (Å²) >= 11 is 6.04. The maximum atomic E-state index is 12.5. The van der Waals surface area contributed by atoms with E-state index in [1.807, 2.05) is 0 Å². The Morgan fingerprint density at radius 3 is 2.32 bits per heavy atom. The number of halogens is 1. The van der Waals surface area contributed by atoms with Gasteiger partial charge in [-0.05, 0) is 42.5 Å². The number of nitro benzene ring substituents is 1. The summed E-state index contributed by atoms with van der Waals surface area (Å²) in [4.78, 5) is 47.7. The van der Waals surface area contributed by atoms with Crippen LogP contribution in [-0.4, -0.2) is 28.9 Å². The lowest BCUT2D eigenvalue weighted by atomic mass is 9.95. The summed E-state index contributed by atoms with van der Waals surface area (Å²) in [6.07, 6.45) is 1.12. The lowest BCUT2D eigenvalue weighted by Crippen LogP contribution is -2.27. The third-order valence-corrected chi connectivity index (χ3v) is 5.29. The number of esters is 1. The fourth-order valence-electron chi connectivity index (χ4n) is 2.87. The first-order valence-electron chi connectivity index (χ1n) is 11.0. The van der Waals surface area contributed by atoms with Crippen molar-refractivity contribution in [3.63, 3.8) is 0 Å². The molecule has 37 heavy (non-hydrogen) atoms. The number of hydrazone groups is 1. The Bertz CT molecular complexity index is 1380. The average Bonchev–Trinajstić information content (AvgIpc) is 2.84. The summed E-state index contributed by atoms with van der Waals surface area (Å²) in [7, 11) is 0. The van der Waals surface area contributed by atoms with Gasteiger partial charge in [0.1, 0.15) is 5.75 Å². The molecule has 0 aromatic heterocycles. The standard InChI is InChI=1S/C26H23ClN4O6/c1-26(2,3)25(34)29-18-10-8-16(9-11-18)23(32)30-28-15-17-14-19(31(35)36)12-13-22(17)37-24(33)20-6-4-5-7-21(20)27/h4-15H,1-3H3,(H,29,34)(H,30,32)/b28-15+. The number of hydrogen-bond donors (Lipinski definition) is 2. The van der Waals surface area contributed by atoms with Crippen molar-refractivity contribution in [2.24, 2.45) is 10.5 Å². The van der Waals surface area contributed by atoms with Crippen LogP contribution < -0.4 is 15.5 Å². The third kappa shape index (κ3) is 7.21. The van der Waals surface area contributed by atoms with Crippen molar-refractivity contribution in [1.82, 2.24) is 5.43 Å². The second-order valence-corrected chi connectivity index (χ2v) is 9.24. The molecule has 0 heterocycles. The van der Waals surface area contributed by atoms with Crippen molar-refractivity contribution in [1.29, 1.82) is 0 Å². The summed E-state index contributed by atoms with van der Waals surface area (Å²) in [6, 6.07) is 16.0. The van der Waals surface area contributed by atoms with Gasteiger partial charge in [0.15, 0.2) is 0 Å². The van der Waals surface area contributed by atoms with Crippen LogP contribution in [0.3, 0.4) is 0 Å². The summed E-state index contributed by atoms with van der Waals surface area (Å²) in [5.74, 6) is -1.52. The van der Waals surface area contributed by atoms with E-state index in [1.165, 1.54) is 36.4 Å². The first kappa shape index (κ1) is 27.0. The molecule has 0 aliphatic rings. The highest BCUT2D eigenvalue weighted by Gasteiger charge is 2.21. The number of carbonyl (C=O) groups is 3. The number of nitro groups is 1. The van der Waals surface area contributed by atoms with Crippen LogP contribution in [-0.2, 0) is 4.79 Å². The number of anilines is 1. The lowest BCUT2D eigenvalue weighted by Gasteiger charge is -2.17. The van der Waals surface area contributed by atoms with Gasteiger partial charge in [-0.2, -0.15) is 5.10 Å². The van der Waals surface area contributed by atoms with Gasteiger partial charge in [-0.1, -0.05) is 44.5 Å². The van der Waals surface area contributed by atoms with Crippen molar-refractivity contribution in [2.45, 2.75) is 20.8 Å². The highest BCUT2D eigenvalue weighted by molar-refractivity contribution is 6.33. The Morgan fingerprint density at radius 1 is 1.03 bits per heavy atom. The summed E-state index contributed by atoms with van der Waals surface area (Å²) < 4.78 is 5.37. The van der Waals surface area contributed by atoms with Crippen LogP contribution in [0.5, 0.6) is 5.75 Å². The van der Waals surface area contributed by atoms with E-state index in [0.717, 1.165) is 12.3 Å². The number of carbonyl (C=O) groups excluding carboxylic acids is 3. The number of rotatable bonds is 7. The molecule has 0 fully saturated rings. The molecular formula is C26H23ClN4O6. The molecule has 11 heteroatoms. The molecule has 190 valence electrons. The van der Waals surface area contributed by atoms with Gasteiger partial charge in [0.25, 0.3) is 11.6 Å². The van der Waals surface area contributed by atoms with E-state index >= 15 is 0 Å². The van der Waals surface area contributed by atoms with Gasteiger partial charge in [0.05, 0.1) is 21.7 Å². The zero-order chi connectivity index (χ0) is 27.2. The molecule has 0 saturated heterocycles. The molecule has 0 saturated carbocycles. The largest absolute Gasteiger partial charge is 0.422 e. The molecule has 3 aromatic rings. The number of nitrogens with zero attached hydrogens (tertiary/aromatic N) is 2. The van der Waals surface area contributed by atoms with Crippen LogP contribution in [0.1, 0.15) is 47.1 Å². The minimum Gasteiger partial charge on any atom is -0.422 e. The molecule has 0 aliphatic carbocycles. The average molecular weight is 523 g/mol. The van der Waals surface area contributed by atoms with Crippen LogP contribution in [0, 0.1) is 15.5 Å². The normalized spacial score (nSPS) is 11.1. The Balaban J connectivity index is 1.74. The lowest BCUT2D eigenvalue weighted by molar-refractivity contribution is -0.384. The molecule has 2 N–H and O–H groups in total. The second kappa shape index (κ2) is 11.4. The van der Waals surface area contributed by atoms with Gasteiger partial charge in [-0.3, -0.25) is 19.7 Å². The van der Waals surface area contributed by atoms with E-state index in [1.54, 1.807) is 45.0 Å². The molecule has 10 nitrogen and oxygen atoms in total. The van der Waals surface area contributed by atoms with Crippen LogP contribution in [0.15, 0.2) is 71.8 Å². The first-order valence-corrected chi connectivity index (χ1v) is 11.3. The van der Waals surface area contributed by atoms with E-state index in [-0.39, 0.29) is 39.1 Å². The topological polar surface area (TPSA) is 140 Å². The van der Waals surface area contributed by atoms with Crippen LogP contribution in [0.25, 0.3) is 0 Å². The summed E-state index contributed by atoms with van der Waals surface area (Å²) in [5, 5.41) is 18.0. The molecule has 0 radical (unpaired) electrons. The van der Waals surface area contributed by atoms with Gasteiger partial charge in [-0.15, -0.1) is 0 Å². The van der Waals surface area contributed by atoms with Crippen molar-refractivity contribution in [2.75, 3.05) is 5.32 Å². The SMILES string of the molecule is CC(C)(C)C(=O)Nc1ccc(C(=O)N/N=C/c2cc([N+](=O)[O-])ccc2OC(=O)c2ccccc2Cl)cc1. The van der Waals surface area contributed by atoms with Crippen LogP contribution in [0.2, 0.25) is 5.02 Å². The van der Waals surface area contributed by atoms with Gasteiger partial charge in [0.2, 0.25) is 5.91 Å². The Labute approximate surface area is 217 Å². The molecule has 0 aliphatic heterocycles. The van der Waals surface area contributed by atoms with Crippen molar-refractivity contribution >= 4 is 47.0 Å². The number of hydrogen-bond acceptors (Lipinski definition) is 7. The summed E-state index contributed by atoms with van der Waals surface area (Å²) in [6.45, 7) is 5.35. The fraction of sp³-hybridized carbons (Fsp3) is 0.154. The molecule has 3 aromatic carbocycles. The maximum Gasteiger partial charge on any atom is 0.345 e. The quantitative estimate of drug-likeness (QED) is 0.143. The van der Waals surface area contributed by atoms with Crippen LogP contribution >= 0.6 is 11.6 Å². The molecule has 2 amide bonds. The highest BCUT2D eigenvalue weighted by atomic mass is 35.5. The monoisotopic (exact) mass is 522 g/mol. The first-order chi connectivity index (χ1) is 17.5. The minimum absolute atomic E-state index is 0.0209. The number of ether oxygens (including phenoxy) is 1. The van der Waals surface area contributed by atoms with Gasteiger partial charge >= 0.3 is 5.97 Å². The van der Waals surface area contributed by atoms with Gasteiger partial charge in [-0.25, -0.2) is 10.2 Å².